The van der Waals surface area contributed by atoms with Crippen LogP contribution in [0.15, 0.2) is 58.4 Å². The highest BCUT2D eigenvalue weighted by molar-refractivity contribution is 5.99. The maximum Gasteiger partial charge on any atom is 0.252 e. The van der Waals surface area contributed by atoms with Crippen LogP contribution in [-0.2, 0) is 0 Å². The van der Waals surface area contributed by atoms with Crippen LogP contribution in [0.3, 0.4) is 0 Å². The van der Waals surface area contributed by atoms with Crippen molar-refractivity contribution in [3.8, 4) is 0 Å². The molecule has 2 N–H and O–H groups in total. The van der Waals surface area contributed by atoms with Gasteiger partial charge in [-0.3, -0.25) is 9.78 Å². The second-order valence-electron chi connectivity index (χ2n) is 4.67. The molecule has 0 unspecified atom stereocenters. The van der Waals surface area contributed by atoms with Crippen molar-refractivity contribution in [2.45, 2.75) is 6.92 Å². The largest absolute Gasteiger partial charge is 0.291 e. The molecule has 0 saturated carbocycles. The second-order valence-corrected chi connectivity index (χ2v) is 4.67. The molecule has 3 aromatic rings. The van der Waals surface area contributed by atoms with Crippen molar-refractivity contribution in [1.82, 2.24) is 9.97 Å². The van der Waals surface area contributed by atoms with Gasteiger partial charge in [0.15, 0.2) is 0 Å². The molecular weight excluding hydrogens is 264 g/mol. The number of nitrogens with zero attached hydrogens (tertiary/aromatic N) is 2. The summed E-state index contributed by atoms with van der Waals surface area (Å²) >= 11 is 0. The molecule has 0 aliphatic rings. The molecule has 0 radical (unpaired) electrons. The predicted molar refractivity (Wildman–Crippen MR) is 84.8 cm³/mol. The Kier molecular flexibility index (Phi) is 3.47. The van der Waals surface area contributed by atoms with Crippen molar-refractivity contribution in [3.05, 3.63) is 70.1 Å². The van der Waals surface area contributed by atoms with Gasteiger partial charge in [0.05, 0.1) is 6.21 Å². The summed E-state index contributed by atoms with van der Waals surface area (Å²) in [5.41, 5.74) is 4.18. The van der Waals surface area contributed by atoms with Crippen molar-refractivity contribution >= 4 is 22.9 Å². The SMILES string of the molecule is Cc1cc(=O)[nH]c(N/N=C/c2cccc3ccccc23)n1. The van der Waals surface area contributed by atoms with E-state index in [9.17, 15) is 4.79 Å². The zero-order valence-electron chi connectivity index (χ0n) is 11.5. The Labute approximate surface area is 121 Å². The first kappa shape index (κ1) is 13.1. The molecule has 1 aromatic heterocycles. The molecule has 5 nitrogen and oxygen atoms in total. The first-order chi connectivity index (χ1) is 10.2. The Morgan fingerprint density at radius 2 is 2.00 bits per heavy atom. The smallest absolute Gasteiger partial charge is 0.252 e. The molecule has 1 heterocycles. The van der Waals surface area contributed by atoms with Gasteiger partial charge in [-0.1, -0.05) is 42.5 Å². The Bertz CT molecular complexity index is 862. The van der Waals surface area contributed by atoms with Crippen LogP contribution in [0, 0.1) is 6.92 Å². The van der Waals surface area contributed by atoms with Crippen LogP contribution in [0.25, 0.3) is 10.8 Å². The van der Waals surface area contributed by atoms with E-state index < -0.39 is 0 Å². The van der Waals surface area contributed by atoms with Crippen LogP contribution in [0.1, 0.15) is 11.3 Å². The Morgan fingerprint density at radius 1 is 1.19 bits per heavy atom. The number of aromatic amines is 1. The Balaban J connectivity index is 1.86. The molecule has 0 aliphatic heterocycles. The molecule has 2 aromatic carbocycles. The molecule has 5 heteroatoms. The fraction of sp³-hybridized carbons (Fsp3) is 0.0625. The molecule has 21 heavy (non-hydrogen) atoms. The molecule has 104 valence electrons. The molecule has 0 bridgehead atoms. The number of nitrogens with one attached hydrogen (secondary N) is 2. The van der Waals surface area contributed by atoms with Gasteiger partial charge in [0, 0.05) is 17.3 Å². The van der Waals surface area contributed by atoms with E-state index in [0.29, 0.717) is 11.6 Å². The molecule has 0 saturated heterocycles. The van der Waals surface area contributed by atoms with Crippen molar-refractivity contribution < 1.29 is 0 Å². The molecular formula is C16H14N4O. The lowest BCUT2D eigenvalue weighted by atomic mass is 10.1. The number of rotatable bonds is 3. The van der Waals surface area contributed by atoms with Gasteiger partial charge in [0.1, 0.15) is 0 Å². The van der Waals surface area contributed by atoms with Crippen LogP contribution in [0.5, 0.6) is 0 Å². The number of anilines is 1. The number of hydrogen-bond donors (Lipinski definition) is 2. The van der Waals surface area contributed by atoms with E-state index in [1.165, 1.54) is 6.07 Å². The third-order valence-corrected chi connectivity index (χ3v) is 3.07. The summed E-state index contributed by atoms with van der Waals surface area (Å²) in [6, 6.07) is 15.6. The van der Waals surface area contributed by atoms with Crippen molar-refractivity contribution in [2.75, 3.05) is 5.43 Å². The minimum Gasteiger partial charge on any atom is -0.291 e. The molecule has 3 rings (SSSR count). The van der Waals surface area contributed by atoms with E-state index in [-0.39, 0.29) is 5.56 Å². The number of hydrazone groups is 1. The fourth-order valence-electron chi connectivity index (χ4n) is 2.16. The first-order valence-electron chi connectivity index (χ1n) is 6.57. The summed E-state index contributed by atoms with van der Waals surface area (Å²) in [7, 11) is 0. The maximum absolute atomic E-state index is 11.3. The third kappa shape index (κ3) is 2.97. The van der Waals surface area contributed by atoms with Crippen LogP contribution >= 0.6 is 0 Å². The van der Waals surface area contributed by atoms with Gasteiger partial charge in [-0.25, -0.2) is 10.4 Å². The van der Waals surface area contributed by atoms with E-state index in [0.717, 1.165) is 16.3 Å². The lowest BCUT2D eigenvalue weighted by Gasteiger charge is -2.02. The second kappa shape index (κ2) is 5.58. The number of H-pyrrole nitrogens is 1. The fourth-order valence-corrected chi connectivity index (χ4v) is 2.16. The maximum atomic E-state index is 11.3. The number of benzene rings is 2. The zero-order valence-corrected chi connectivity index (χ0v) is 11.5. The molecule has 0 spiro atoms. The highest BCUT2D eigenvalue weighted by atomic mass is 16.1. The average molecular weight is 278 g/mol. The molecule has 0 atom stereocenters. The summed E-state index contributed by atoms with van der Waals surface area (Å²) in [6.07, 6.45) is 1.71. The number of aromatic nitrogens is 2. The summed E-state index contributed by atoms with van der Waals surface area (Å²) in [5.74, 6) is 0.330. The molecule has 0 fully saturated rings. The minimum atomic E-state index is -0.203. The Morgan fingerprint density at radius 3 is 2.86 bits per heavy atom. The topological polar surface area (TPSA) is 70.1 Å². The van der Waals surface area contributed by atoms with Crippen LogP contribution in [0.2, 0.25) is 0 Å². The zero-order chi connectivity index (χ0) is 14.7. The van der Waals surface area contributed by atoms with Gasteiger partial charge >= 0.3 is 0 Å². The average Bonchev–Trinajstić information content (AvgIpc) is 2.46. The summed E-state index contributed by atoms with van der Waals surface area (Å²) in [5, 5.41) is 6.41. The van der Waals surface area contributed by atoms with Gasteiger partial charge in [0.2, 0.25) is 5.95 Å². The van der Waals surface area contributed by atoms with Crippen LogP contribution < -0.4 is 11.0 Å². The monoisotopic (exact) mass is 278 g/mol. The van der Waals surface area contributed by atoms with Crippen molar-refractivity contribution in [2.24, 2.45) is 5.10 Å². The minimum absolute atomic E-state index is 0.203. The Hall–Kier alpha value is -2.95. The van der Waals surface area contributed by atoms with Crippen molar-refractivity contribution in [1.29, 1.82) is 0 Å². The van der Waals surface area contributed by atoms with E-state index in [1.807, 2.05) is 30.3 Å². The van der Waals surface area contributed by atoms with E-state index in [4.69, 9.17) is 0 Å². The normalized spacial score (nSPS) is 11.1. The lowest BCUT2D eigenvalue weighted by Crippen LogP contribution is -2.10. The van der Waals surface area contributed by atoms with E-state index >= 15 is 0 Å². The quantitative estimate of drug-likeness (QED) is 0.571. The van der Waals surface area contributed by atoms with E-state index in [1.54, 1.807) is 13.1 Å². The van der Waals surface area contributed by atoms with Gasteiger partial charge in [-0.05, 0) is 17.7 Å². The van der Waals surface area contributed by atoms with Gasteiger partial charge in [-0.2, -0.15) is 5.10 Å². The summed E-state index contributed by atoms with van der Waals surface area (Å²) in [4.78, 5) is 18.1. The first-order valence-corrected chi connectivity index (χ1v) is 6.57. The highest BCUT2D eigenvalue weighted by Crippen LogP contribution is 2.16. The lowest BCUT2D eigenvalue weighted by molar-refractivity contribution is 1.04. The van der Waals surface area contributed by atoms with Crippen LogP contribution in [0.4, 0.5) is 5.95 Å². The van der Waals surface area contributed by atoms with Gasteiger partial charge in [-0.15, -0.1) is 0 Å². The summed E-state index contributed by atoms with van der Waals surface area (Å²) < 4.78 is 0. The molecule has 0 amide bonds. The highest BCUT2D eigenvalue weighted by Gasteiger charge is 1.98. The number of fused-ring (bicyclic) bond motifs is 1. The third-order valence-electron chi connectivity index (χ3n) is 3.07. The van der Waals surface area contributed by atoms with Gasteiger partial charge in [0.25, 0.3) is 5.56 Å². The number of hydrogen-bond acceptors (Lipinski definition) is 4. The standard InChI is InChI=1S/C16H14N4O/c1-11-9-15(21)19-16(18-11)20-17-10-13-7-4-6-12-5-2-3-8-14(12)13/h2-10H,1H3,(H2,18,19,20,21)/b17-10+. The predicted octanol–water partition coefficient (Wildman–Crippen LogP) is 2.68. The summed E-state index contributed by atoms with van der Waals surface area (Å²) in [6.45, 7) is 1.76. The van der Waals surface area contributed by atoms with Crippen LogP contribution in [-0.4, -0.2) is 16.2 Å². The number of aryl methyl sites for hydroxylation is 1. The van der Waals surface area contributed by atoms with Gasteiger partial charge < -0.3 is 0 Å². The van der Waals surface area contributed by atoms with Crippen molar-refractivity contribution in [3.63, 3.8) is 0 Å². The molecule has 0 aliphatic carbocycles. The van der Waals surface area contributed by atoms with E-state index in [2.05, 4.69) is 32.6 Å².